The second-order valence-corrected chi connectivity index (χ2v) is 5.09. The molecule has 0 saturated carbocycles. The monoisotopic (exact) mass is 140 g/mol. The normalized spacial score (nSPS) is 23.3. The van der Waals surface area contributed by atoms with E-state index < -0.39 is 9.21 Å². The van der Waals surface area contributed by atoms with Gasteiger partial charge in [-0.3, -0.25) is 0 Å². The fraction of sp³-hybridized carbons (Fsp3) is 0.250. The van der Waals surface area contributed by atoms with E-state index in [1.54, 1.807) is 0 Å². The van der Waals surface area contributed by atoms with Crippen LogP contribution in [0.2, 0.25) is 0 Å². The summed E-state index contributed by atoms with van der Waals surface area (Å²) in [5, 5.41) is 4.34. The van der Waals surface area contributed by atoms with Gasteiger partial charge in [-0.1, -0.05) is 11.7 Å². The number of hydrogen-bond donors (Lipinski definition) is 0. The highest BCUT2D eigenvalue weighted by atomic mass is 32.2. The van der Waals surface area contributed by atoms with Gasteiger partial charge >= 0.3 is 0 Å². The predicted molar refractivity (Wildman–Crippen MR) is 49.3 cm³/mol. The molecule has 1 aliphatic heterocycles. The molecule has 0 spiro atoms. The van der Waals surface area contributed by atoms with Crippen LogP contribution in [0, 0.1) is 0 Å². The van der Waals surface area contributed by atoms with Gasteiger partial charge in [0.25, 0.3) is 0 Å². The van der Waals surface area contributed by atoms with Crippen LogP contribution in [0.1, 0.15) is 13.8 Å². The molecule has 0 N–H and O–H groups in total. The zero-order valence-corrected chi connectivity index (χ0v) is 6.79. The first-order valence-electron chi connectivity index (χ1n) is 2.88. The third-order valence-electron chi connectivity index (χ3n) is 1.44. The molecule has 9 heavy (non-hydrogen) atoms. The van der Waals surface area contributed by atoms with Gasteiger partial charge < -0.3 is 0 Å². The van der Waals surface area contributed by atoms with E-state index in [1.165, 1.54) is 11.1 Å². The van der Waals surface area contributed by atoms with Crippen molar-refractivity contribution in [1.29, 1.82) is 0 Å². The topological polar surface area (TPSA) is 0 Å². The lowest BCUT2D eigenvalue weighted by Gasteiger charge is -1.91. The molecule has 50 valence electrons. The van der Waals surface area contributed by atoms with Crippen molar-refractivity contribution in [2.75, 3.05) is 0 Å². The number of rotatable bonds is 0. The second-order valence-electron chi connectivity index (χ2n) is 2.61. The average molecular weight is 140 g/mol. The summed E-state index contributed by atoms with van der Waals surface area (Å²) < 4.78 is 0. The fourth-order valence-corrected chi connectivity index (χ4v) is 2.77. The van der Waals surface area contributed by atoms with Crippen LogP contribution in [0.5, 0.6) is 0 Å². The van der Waals surface area contributed by atoms with E-state index >= 15 is 0 Å². The molecule has 0 atom stereocenters. The molecule has 0 amide bonds. The molecule has 1 heteroatoms. The van der Waals surface area contributed by atoms with Crippen molar-refractivity contribution in [3.05, 3.63) is 22.0 Å². The Hall–Kier alpha value is -0.430. The summed E-state index contributed by atoms with van der Waals surface area (Å²) in [6, 6.07) is 0. The van der Waals surface area contributed by atoms with Crippen molar-refractivity contribution < 1.29 is 0 Å². The maximum absolute atomic E-state index is 3.99. The van der Waals surface area contributed by atoms with Gasteiger partial charge in [0, 0.05) is 0 Å². The van der Waals surface area contributed by atoms with Crippen molar-refractivity contribution in [2.45, 2.75) is 13.8 Å². The van der Waals surface area contributed by atoms with Crippen molar-refractivity contribution in [2.24, 2.45) is 0 Å². The molecule has 0 saturated heterocycles. The van der Waals surface area contributed by atoms with Crippen molar-refractivity contribution in [3.63, 3.8) is 0 Å². The third-order valence-corrected chi connectivity index (χ3v) is 3.09. The molecule has 0 aliphatic carbocycles. The summed E-state index contributed by atoms with van der Waals surface area (Å²) in [6.45, 7) is 4.22. The van der Waals surface area contributed by atoms with Crippen molar-refractivity contribution in [1.82, 2.24) is 0 Å². The van der Waals surface area contributed by atoms with Crippen LogP contribution in [-0.2, 0) is 0 Å². The predicted octanol–water partition coefficient (Wildman–Crippen LogP) is 2.48. The van der Waals surface area contributed by atoms with E-state index in [1.807, 2.05) is 0 Å². The van der Waals surface area contributed by atoms with Gasteiger partial charge in [-0.05, 0) is 35.8 Å². The Morgan fingerprint density at radius 2 is 1.44 bits per heavy atom. The largest absolute Gasteiger partial charge is 0.173 e. The van der Waals surface area contributed by atoms with Gasteiger partial charge in [0.2, 0.25) is 0 Å². The van der Waals surface area contributed by atoms with Gasteiger partial charge in [0.1, 0.15) is 0 Å². The second kappa shape index (κ2) is 1.77. The van der Waals surface area contributed by atoms with E-state index in [-0.39, 0.29) is 0 Å². The number of allylic oxidation sites excluding steroid dienone is 2. The zero-order chi connectivity index (χ0) is 7.07. The highest BCUT2D eigenvalue weighted by molar-refractivity contribution is 8.32. The zero-order valence-electron chi connectivity index (χ0n) is 5.98. The molecular weight excluding hydrogens is 128 g/mol. The van der Waals surface area contributed by atoms with Crippen LogP contribution < -0.4 is 0 Å². The summed E-state index contributed by atoms with van der Waals surface area (Å²) in [4.78, 5) is 0. The summed E-state index contributed by atoms with van der Waals surface area (Å²) in [7, 11) is -0.969. The van der Waals surface area contributed by atoms with Crippen LogP contribution in [-0.4, -0.2) is 11.7 Å². The maximum Gasteiger partial charge on any atom is -0.0337 e. The summed E-state index contributed by atoms with van der Waals surface area (Å²) >= 11 is 0. The standard InChI is InChI=1S/C8H12S/c1-7-5-9(3,4)6-8(7)2/h5-6H,3-4H2,1-2H3. The molecule has 0 bridgehead atoms. The molecule has 0 fully saturated rings. The Bertz CT molecular complexity index is 250. The van der Waals surface area contributed by atoms with Crippen LogP contribution in [0.15, 0.2) is 22.0 Å². The van der Waals surface area contributed by atoms with Crippen LogP contribution >= 0.6 is 9.21 Å². The Balaban J connectivity index is 3.27. The summed E-state index contributed by atoms with van der Waals surface area (Å²) in [5.41, 5.74) is 2.69. The molecule has 0 unspecified atom stereocenters. The minimum absolute atomic E-state index is 0.969. The van der Waals surface area contributed by atoms with Gasteiger partial charge in [-0.15, -0.1) is 0 Å². The molecular formula is C8H12S. The first-order chi connectivity index (χ1) is 4.01. The first-order valence-corrected chi connectivity index (χ1v) is 4.97. The van der Waals surface area contributed by atoms with Gasteiger partial charge in [-0.25, -0.2) is 0 Å². The van der Waals surface area contributed by atoms with Gasteiger partial charge in [0.15, 0.2) is 0 Å². The lowest BCUT2D eigenvalue weighted by molar-refractivity contribution is 1.39. The third kappa shape index (κ3) is 1.28. The minimum Gasteiger partial charge on any atom is -0.173 e. The van der Waals surface area contributed by atoms with Crippen LogP contribution in [0.4, 0.5) is 0 Å². The summed E-state index contributed by atoms with van der Waals surface area (Å²) in [6.07, 6.45) is 0. The molecule has 0 aromatic rings. The minimum atomic E-state index is -0.969. The Labute approximate surface area is 57.4 Å². The van der Waals surface area contributed by atoms with E-state index in [2.05, 4.69) is 36.4 Å². The van der Waals surface area contributed by atoms with Gasteiger partial charge in [-0.2, -0.15) is 9.21 Å². The van der Waals surface area contributed by atoms with E-state index in [0.29, 0.717) is 0 Å². The van der Waals surface area contributed by atoms with Crippen molar-refractivity contribution in [3.8, 4) is 0 Å². The molecule has 1 heterocycles. The molecule has 0 radical (unpaired) electrons. The fourth-order valence-electron chi connectivity index (χ4n) is 0.924. The SMILES string of the molecule is C=S1(=C)C=C(C)C(C)=C1. The Morgan fingerprint density at radius 1 is 1.11 bits per heavy atom. The van der Waals surface area contributed by atoms with Gasteiger partial charge in [0.05, 0.1) is 0 Å². The first kappa shape index (κ1) is 6.69. The Morgan fingerprint density at radius 3 is 1.56 bits per heavy atom. The van der Waals surface area contributed by atoms with E-state index in [0.717, 1.165) is 0 Å². The molecule has 1 rings (SSSR count). The number of hydrogen-bond acceptors (Lipinski definition) is 0. The Kier molecular flexibility index (Phi) is 1.32. The highest BCUT2D eigenvalue weighted by Gasteiger charge is 2.02. The highest BCUT2D eigenvalue weighted by Crippen LogP contribution is 2.35. The summed E-state index contributed by atoms with van der Waals surface area (Å²) in [5.74, 6) is 7.98. The van der Waals surface area contributed by atoms with Crippen LogP contribution in [0.25, 0.3) is 0 Å². The lowest BCUT2D eigenvalue weighted by atomic mass is 10.2. The average Bonchev–Trinajstić information content (AvgIpc) is 1.79. The molecule has 1 aliphatic rings. The van der Waals surface area contributed by atoms with Crippen LogP contribution in [0.3, 0.4) is 0 Å². The maximum atomic E-state index is 3.99. The molecule has 0 aromatic carbocycles. The molecule has 0 nitrogen and oxygen atoms in total. The van der Waals surface area contributed by atoms with Crippen molar-refractivity contribution >= 4 is 20.9 Å². The lowest BCUT2D eigenvalue weighted by Crippen LogP contribution is -1.67. The quantitative estimate of drug-likeness (QED) is 0.453. The molecule has 0 aromatic heterocycles. The van der Waals surface area contributed by atoms with E-state index in [4.69, 9.17) is 0 Å². The smallest absolute Gasteiger partial charge is 0.0337 e. The van der Waals surface area contributed by atoms with E-state index in [9.17, 15) is 0 Å².